The van der Waals surface area contributed by atoms with Crippen molar-refractivity contribution in [2.75, 3.05) is 6.67 Å². The molecular formula is C8H10N2O2. The number of fused-ring (bicyclic) bond motifs is 1. The zero-order valence-electron chi connectivity index (χ0n) is 6.53. The summed E-state index contributed by atoms with van der Waals surface area (Å²) < 4.78 is 0. The number of hydrogen-bond acceptors (Lipinski definition) is 3. The first-order valence-corrected chi connectivity index (χ1v) is 3.81. The lowest BCUT2D eigenvalue weighted by atomic mass is 10.1. The van der Waals surface area contributed by atoms with Gasteiger partial charge in [-0.05, 0) is 0 Å². The number of quaternary nitrogens is 1. The lowest BCUT2D eigenvalue weighted by Gasteiger charge is -2.37. The highest BCUT2D eigenvalue weighted by molar-refractivity contribution is 5.50. The van der Waals surface area contributed by atoms with Gasteiger partial charge in [0.2, 0.25) is 0 Å². The SMILES string of the molecule is [O-][N+]1(O)CNCc2ccccc21. The van der Waals surface area contributed by atoms with Crippen molar-refractivity contribution in [3.8, 4) is 0 Å². The molecule has 1 aromatic carbocycles. The number of hydroxylamine groups is 2. The van der Waals surface area contributed by atoms with Crippen molar-refractivity contribution in [2.45, 2.75) is 6.54 Å². The van der Waals surface area contributed by atoms with Crippen LogP contribution in [0, 0.1) is 5.21 Å². The van der Waals surface area contributed by atoms with Gasteiger partial charge in [0.15, 0.2) is 12.4 Å². The molecule has 2 rings (SSSR count). The molecule has 1 heterocycles. The average Bonchev–Trinajstić information content (AvgIpc) is 2.04. The Balaban J connectivity index is 2.52. The van der Waals surface area contributed by atoms with Crippen LogP contribution in [0.2, 0.25) is 0 Å². The molecule has 0 saturated carbocycles. The first kappa shape index (κ1) is 7.70. The fraction of sp³-hybridized carbons (Fsp3) is 0.250. The first-order valence-electron chi connectivity index (χ1n) is 3.81. The maximum atomic E-state index is 11.4. The highest BCUT2D eigenvalue weighted by atomic mass is 16.8. The molecule has 64 valence electrons. The Labute approximate surface area is 70.2 Å². The maximum absolute atomic E-state index is 11.4. The van der Waals surface area contributed by atoms with Gasteiger partial charge in [-0.3, -0.25) is 5.32 Å². The maximum Gasteiger partial charge on any atom is 0.171 e. The van der Waals surface area contributed by atoms with Crippen LogP contribution in [0.25, 0.3) is 0 Å². The van der Waals surface area contributed by atoms with E-state index in [1.807, 2.05) is 12.1 Å². The number of hydrogen-bond donors (Lipinski definition) is 2. The van der Waals surface area contributed by atoms with Crippen LogP contribution in [0.15, 0.2) is 24.3 Å². The van der Waals surface area contributed by atoms with E-state index < -0.39 is 4.81 Å². The summed E-state index contributed by atoms with van der Waals surface area (Å²) in [7, 11) is 0. The molecule has 1 atom stereocenters. The lowest BCUT2D eigenvalue weighted by molar-refractivity contribution is -0.0443. The summed E-state index contributed by atoms with van der Waals surface area (Å²) in [5.41, 5.74) is 1.30. The predicted molar refractivity (Wildman–Crippen MR) is 45.1 cm³/mol. The second-order valence-electron chi connectivity index (χ2n) is 2.92. The third-order valence-electron chi connectivity index (χ3n) is 2.01. The standard InChI is InChI=1S/C8H10N2O2/c11-10(12)6-9-5-7-3-1-2-4-8(7)10/h1-4,9,11H,5-6H2. The first-order chi connectivity index (χ1) is 5.70. The van der Waals surface area contributed by atoms with Crippen molar-refractivity contribution in [2.24, 2.45) is 0 Å². The molecule has 1 aromatic rings. The van der Waals surface area contributed by atoms with E-state index in [0.29, 0.717) is 12.2 Å². The van der Waals surface area contributed by atoms with E-state index in [0.717, 1.165) is 5.56 Å². The van der Waals surface area contributed by atoms with Crippen LogP contribution >= 0.6 is 0 Å². The molecule has 0 aromatic heterocycles. The van der Waals surface area contributed by atoms with E-state index >= 15 is 0 Å². The van der Waals surface area contributed by atoms with Gasteiger partial charge in [-0.25, -0.2) is 5.21 Å². The van der Waals surface area contributed by atoms with Crippen LogP contribution in [0.3, 0.4) is 0 Å². The summed E-state index contributed by atoms with van der Waals surface area (Å²) in [4.78, 5) is -1.31. The summed E-state index contributed by atoms with van der Waals surface area (Å²) >= 11 is 0. The highest BCUT2D eigenvalue weighted by Crippen LogP contribution is 2.26. The van der Waals surface area contributed by atoms with Gasteiger partial charge in [0.25, 0.3) is 0 Å². The summed E-state index contributed by atoms with van der Waals surface area (Å²) in [6, 6.07) is 7.10. The molecule has 0 fully saturated rings. The Hall–Kier alpha value is -0.940. The molecule has 0 radical (unpaired) electrons. The predicted octanol–water partition coefficient (Wildman–Crippen LogP) is 0.942. The van der Waals surface area contributed by atoms with Crippen LogP contribution < -0.4 is 10.1 Å². The molecule has 4 nitrogen and oxygen atoms in total. The van der Waals surface area contributed by atoms with E-state index in [1.54, 1.807) is 12.1 Å². The quantitative estimate of drug-likeness (QED) is 0.445. The van der Waals surface area contributed by atoms with Crippen molar-refractivity contribution in [3.05, 3.63) is 35.0 Å². The molecule has 0 saturated heterocycles. The highest BCUT2D eigenvalue weighted by Gasteiger charge is 2.25. The zero-order chi connectivity index (χ0) is 8.60. The molecular weight excluding hydrogens is 156 g/mol. The Morgan fingerprint density at radius 2 is 2.17 bits per heavy atom. The van der Waals surface area contributed by atoms with Crippen LogP contribution in [0.1, 0.15) is 5.56 Å². The van der Waals surface area contributed by atoms with Gasteiger partial charge < -0.3 is 5.21 Å². The minimum atomic E-state index is -1.31. The van der Waals surface area contributed by atoms with Gasteiger partial charge in [-0.15, -0.1) is 0 Å². The van der Waals surface area contributed by atoms with E-state index in [1.165, 1.54) is 0 Å². The van der Waals surface area contributed by atoms with E-state index in [-0.39, 0.29) is 6.67 Å². The summed E-state index contributed by atoms with van der Waals surface area (Å²) in [6.07, 6.45) is 0. The van der Waals surface area contributed by atoms with E-state index in [9.17, 15) is 10.4 Å². The largest absolute Gasteiger partial charge is 0.592 e. The molecule has 0 bridgehead atoms. The van der Waals surface area contributed by atoms with Crippen molar-refractivity contribution < 1.29 is 5.21 Å². The summed E-state index contributed by atoms with van der Waals surface area (Å²) in [6.45, 7) is 0.677. The minimum absolute atomic E-state index is 0.0248. The van der Waals surface area contributed by atoms with Gasteiger partial charge in [0.05, 0.1) is 0 Å². The second kappa shape index (κ2) is 2.53. The van der Waals surface area contributed by atoms with Crippen LogP contribution in [-0.2, 0) is 6.54 Å². The third-order valence-corrected chi connectivity index (χ3v) is 2.01. The van der Waals surface area contributed by atoms with Crippen molar-refractivity contribution in [1.29, 1.82) is 0 Å². The monoisotopic (exact) mass is 166 g/mol. The lowest BCUT2D eigenvalue weighted by Crippen LogP contribution is -2.50. The fourth-order valence-electron chi connectivity index (χ4n) is 1.43. The Morgan fingerprint density at radius 3 is 2.92 bits per heavy atom. The molecule has 1 unspecified atom stereocenters. The van der Waals surface area contributed by atoms with Gasteiger partial charge in [0, 0.05) is 18.2 Å². The van der Waals surface area contributed by atoms with Crippen LogP contribution in [0.4, 0.5) is 5.69 Å². The summed E-state index contributed by atoms with van der Waals surface area (Å²) in [5.74, 6) is 0. The Kier molecular flexibility index (Phi) is 1.62. The van der Waals surface area contributed by atoms with Crippen LogP contribution in [0.5, 0.6) is 0 Å². The number of para-hydroxylation sites is 1. The second-order valence-corrected chi connectivity index (χ2v) is 2.92. The van der Waals surface area contributed by atoms with E-state index in [2.05, 4.69) is 5.32 Å². The molecule has 12 heavy (non-hydrogen) atoms. The van der Waals surface area contributed by atoms with Gasteiger partial charge >= 0.3 is 0 Å². The Morgan fingerprint density at radius 1 is 1.42 bits per heavy atom. The number of nitrogens with zero attached hydrogens (tertiary/aromatic N) is 1. The smallest absolute Gasteiger partial charge is 0.171 e. The van der Waals surface area contributed by atoms with Crippen molar-refractivity contribution >= 4 is 5.69 Å². The number of nitrogens with one attached hydrogen (secondary N) is 1. The summed E-state index contributed by atoms with van der Waals surface area (Å²) in [5, 5.41) is 23.6. The van der Waals surface area contributed by atoms with Gasteiger partial charge in [-0.1, -0.05) is 18.2 Å². The Bertz CT molecular complexity index is 299. The van der Waals surface area contributed by atoms with E-state index in [4.69, 9.17) is 0 Å². The fourth-order valence-corrected chi connectivity index (χ4v) is 1.43. The third kappa shape index (κ3) is 1.11. The molecule has 1 aliphatic heterocycles. The van der Waals surface area contributed by atoms with Crippen LogP contribution in [-0.4, -0.2) is 11.9 Å². The van der Waals surface area contributed by atoms with Crippen molar-refractivity contribution in [3.63, 3.8) is 0 Å². The van der Waals surface area contributed by atoms with Gasteiger partial charge in [-0.2, -0.15) is 4.81 Å². The molecule has 0 aliphatic carbocycles. The number of benzene rings is 1. The normalized spacial score (nSPS) is 28.2. The number of rotatable bonds is 0. The minimum Gasteiger partial charge on any atom is -0.592 e. The van der Waals surface area contributed by atoms with Gasteiger partial charge in [0.1, 0.15) is 0 Å². The molecule has 1 aliphatic rings. The molecule has 4 heteroatoms. The average molecular weight is 166 g/mol. The van der Waals surface area contributed by atoms with Crippen molar-refractivity contribution in [1.82, 2.24) is 10.1 Å². The molecule has 2 N–H and O–H groups in total. The zero-order valence-corrected chi connectivity index (χ0v) is 6.53. The molecule has 0 spiro atoms. The molecule has 0 amide bonds. The topological polar surface area (TPSA) is 55.3 Å².